The maximum Gasteiger partial charge on any atom is 0.326 e. The van der Waals surface area contributed by atoms with Crippen LogP contribution < -0.4 is 15.7 Å². The normalized spacial score (nSPS) is 16.9. The number of rotatable bonds is 3. The highest BCUT2D eigenvalue weighted by atomic mass is 16.5. The summed E-state index contributed by atoms with van der Waals surface area (Å²) in [5, 5.41) is 3.35. The number of benzene rings is 1. The molecule has 0 saturated carbocycles. The van der Waals surface area contributed by atoms with Crippen LogP contribution in [-0.2, 0) is 6.54 Å². The zero-order valence-electron chi connectivity index (χ0n) is 11.1. The first-order valence-corrected chi connectivity index (χ1v) is 6.76. The van der Waals surface area contributed by atoms with Gasteiger partial charge in [0.05, 0.1) is 12.6 Å². The Morgan fingerprint density at radius 3 is 2.89 bits per heavy atom. The number of imidazole rings is 1. The molecule has 1 aliphatic rings. The molecule has 0 unspecified atom stereocenters. The lowest BCUT2D eigenvalue weighted by Gasteiger charge is -2.22. The Balaban J connectivity index is 1.98. The van der Waals surface area contributed by atoms with Gasteiger partial charge in [0, 0.05) is 6.54 Å². The van der Waals surface area contributed by atoms with Gasteiger partial charge in [-0.15, -0.1) is 0 Å². The maximum atomic E-state index is 12.1. The van der Waals surface area contributed by atoms with E-state index >= 15 is 0 Å². The molecule has 5 heteroatoms. The van der Waals surface area contributed by atoms with Crippen molar-refractivity contribution in [2.24, 2.45) is 5.92 Å². The van der Waals surface area contributed by atoms with Gasteiger partial charge < -0.3 is 15.0 Å². The zero-order chi connectivity index (χ0) is 13.2. The number of methoxy groups -OCH3 is 1. The summed E-state index contributed by atoms with van der Waals surface area (Å²) in [6.45, 7) is 2.88. The molecule has 3 rings (SSSR count). The van der Waals surface area contributed by atoms with Crippen molar-refractivity contribution in [3.63, 3.8) is 0 Å². The van der Waals surface area contributed by atoms with Gasteiger partial charge in [0.25, 0.3) is 0 Å². The fourth-order valence-corrected chi connectivity index (χ4v) is 2.83. The number of nitrogens with one attached hydrogen (secondary N) is 2. The maximum absolute atomic E-state index is 12.1. The fraction of sp³-hybridized carbons (Fsp3) is 0.500. The van der Waals surface area contributed by atoms with Gasteiger partial charge in [-0.2, -0.15) is 0 Å². The molecule has 1 aromatic carbocycles. The summed E-state index contributed by atoms with van der Waals surface area (Å²) in [5.74, 6) is 1.29. The summed E-state index contributed by atoms with van der Waals surface area (Å²) in [6, 6.07) is 5.76. The van der Waals surface area contributed by atoms with Gasteiger partial charge in [0.15, 0.2) is 0 Å². The first-order chi connectivity index (χ1) is 9.29. The molecule has 19 heavy (non-hydrogen) atoms. The molecular formula is C14H19N3O2. The fourth-order valence-electron chi connectivity index (χ4n) is 2.83. The van der Waals surface area contributed by atoms with E-state index in [1.807, 2.05) is 22.8 Å². The Morgan fingerprint density at radius 1 is 1.37 bits per heavy atom. The molecule has 2 aromatic rings. The molecule has 2 N–H and O–H groups in total. The van der Waals surface area contributed by atoms with Gasteiger partial charge in [-0.25, -0.2) is 4.79 Å². The molecular weight excluding hydrogens is 242 g/mol. The minimum atomic E-state index is -0.0435. The largest absolute Gasteiger partial charge is 0.494 e. The molecule has 5 nitrogen and oxygen atoms in total. The summed E-state index contributed by atoms with van der Waals surface area (Å²) < 4.78 is 7.13. The highest BCUT2D eigenvalue weighted by Gasteiger charge is 2.17. The van der Waals surface area contributed by atoms with Crippen LogP contribution in [0.25, 0.3) is 11.0 Å². The molecule has 0 amide bonds. The van der Waals surface area contributed by atoms with Crippen LogP contribution in [0.3, 0.4) is 0 Å². The quantitative estimate of drug-likeness (QED) is 0.876. The molecule has 0 radical (unpaired) electrons. The zero-order valence-corrected chi connectivity index (χ0v) is 11.1. The second kappa shape index (κ2) is 5.09. The highest BCUT2D eigenvalue weighted by Crippen LogP contribution is 2.23. The van der Waals surface area contributed by atoms with Crippen molar-refractivity contribution in [1.29, 1.82) is 0 Å². The molecule has 1 fully saturated rings. The van der Waals surface area contributed by atoms with Crippen LogP contribution in [0.4, 0.5) is 0 Å². The Kier molecular flexibility index (Phi) is 3.29. The Morgan fingerprint density at radius 2 is 2.16 bits per heavy atom. The smallest absolute Gasteiger partial charge is 0.326 e. The van der Waals surface area contributed by atoms with E-state index in [2.05, 4.69) is 10.3 Å². The number of H-pyrrole nitrogens is 1. The van der Waals surface area contributed by atoms with Crippen LogP contribution in [0.5, 0.6) is 5.75 Å². The van der Waals surface area contributed by atoms with Crippen LogP contribution in [0.1, 0.15) is 12.8 Å². The number of ether oxygens (including phenoxy) is 1. The highest BCUT2D eigenvalue weighted by molar-refractivity contribution is 5.81. The van der Waals surface area contributed by atoms with E-state index in [9.17, 15) is 4.79 Å². The van der Waals surface area contributed by atoms with Crippen LogP contribution in [0.2, 0.25) is 0 Å². The summed E-state index contributed by atoms with van der Waals surface area (Å²) in [6.07, 6.45) is 2.26. The molecule has 2 heterocycles. The topological polar surface area (TPSA) is 59.1 Å². The monoisotopic (exact) mass is 261 g/mol. The van der Waals surface area contributed by atoms with Gasteiger partial charge in [-0.3, -0.25) is 4.57 Å². The summed E-state index contributed by atoms with van der Waals surface area (Å²) >= 11 is 0. The van der Waals surface area contributed by atoms with E-state index in [4.69, 9.17) is 4.74 Å². The summed E-state index contributed by atoms with van der Waals surface area (Å²) in [7, 11) is 1.62. The number of para-hydroxylation sites is 1. The van der Waals surface area contributed by atoms with Crippen molar-refractivity contribution in [2.45, 2.75) is 19.4 Å². The minimum absolute atomic E-state index is 0.0435. The summed E-state index contributed by atoms with van der Waals surface area (Å²) in [5.41, 5.74) is 1.69. The van der Waals surface area contributed by atoms with Crippen molar-refractivity contribution in [2.75, 3.05) is 20.2 Å². The third-order valence-corrected chi connectivity index (χ3v) is 3.89. The van der Waals surface area contributed by atoms with Gasteiger partial charge >= 0.3 is 5.69 Å². The van der Waals surface area contributed by atoms with Gasteiger partial charge in [-0.05, 0) is 44.0 Å². The van der Waals surface area contributed by atoms with E-state index in [1.165, 1.54) is 0 Å². The van der Waals surface area contributed by atoms with Gasteiger partial charge in [0.2, 0.25) is 0 Å². The average Bonchev–Trinajstić information content (AvgIpc) is 2.76. The Labute approximate surface area is 111 Å². The van der Waals surface area contributed by atoms with Gasteiger partial charge in [-0.1, -0.05) is 6.07 Å². The van der Waals surface area contributed by atoms with E-state index < -0.39 is 0 Å². The van der Waals surface area contributed by atoms with Crippen molar-refractivity contribution < 1.29 is 4.74 Å². The number of fused-ring (bicyclic) bond motifs is 1. The molecule has 0 spiro atoms. The number of nitrogens with zero attached hydrogens (tertiary/aromatic N) is 1. The second-order valence-corrected chi connectivity index (χ2v) is 5.09. The van der Waals surface area contributed by atoms with Crippen molar-refractivity contribution in [3.8, 4) is 5.75 Å². The minimum Gasteiger partial charge on any atom is -0.494 e. The van der Waals surface area contributed by atoms with Crippen LogP contribution >= 0.6 is 0 Å². The predicted molar refractivity (Wildman–Crippen MR) is 74.7 cm³/mol. The lowest BCUT2D eigenvalue weighted by Crippen LogP contribution is -2.31. The number of aromatic amines is 1. The lowest BCUT2D eigenvalue weighted by atomic mass is 9.98. The predicted octanol–water partition coefficient (Wildman–Crippen LogP) is 1.34. The van der Waals surface area contributed by atoms with E-state index in [1.54, 1.807) is 7.11 Å². The third-order valence-electron chi connectivity index (χ3n) is 3.89. The van der Waals surface area contributed by atoms with Crippen molar-refractivity contribution in [1.82, 2.24) is 14.9 Å². The van der Waals surface area contributed by atoms with E-state index in [0.29, 0.717) is 5.92 Å². The molecule has 102 valence electrons. The Bertz CT molecular complexity index is 623. The number of aromatic nitrogens is 2. The van der Waals surface area contributed by atoms with E-state index in [0.717, 1.165) is 49.3 Å². The Hall–Kier alpha value is -1.75. The first kappa shape index (κ1) is 12.3. The second-order valence-electron chi connectivity index (χ2n) is 5.09. The molecule has 0 atom stereocenters. The molecule has 1 saturated heterocycles. The van der Waals surface area contributed by atoms with Crippen LogP contribution in [0.15, 0.2) is 23.0 Å². The molecule has 1 aromatic heterocycles. The first-order valence-electron chi connectivity index (χ1n) is 6.76. The lowest BCUT2D eigenvalue weighted by molar-refractivity contribution is 0.333. The number of hydrogen-bond acceptors (Lipinski definition) is 3. The molecule has 0 aliphatic carbocycles. The standard InChI is InChI=1S/C14H19N3O2/c1-19-12-4-2-3-11-13(12)16-14(18)17(11)9-10-5-7-15-8-6-10/h2-4,10,15H,5-9H2,1H3,(H,16,18). The SMILES string of the molecule is COc1cccc2c1[nH]c(=O)n2CC1CCNCC1. The third kappa shape index (κ3) is 2.26. The molecule has 1 aliphatic heterocycles. The van der Waals surface area contributed by atoms with Crippen LogP contribution in [0, 0.1) is 5.92 Å². The van der Waals surface area contributed by atoms with Gasteiger partial charge in [0.1, 0.15) is 11.3 Å². The van der Waals surface area contributed by atoms with Crippen molar-refractivity contribution in [3.05, 3.63) is 28.7 Å². The van der Waals surface area contributed by atoms with Crippen LogP contribution in [-0.4, -0.2) is 29.8 Å². The molecule has 0 bridgehead atoms. The number of piperidine rings is 1. The van der Waals surface area contributed by atoms with E-state index in [-0.39, 0.29) is 5.69 Å². The average molecular weight is 261 g/mol. The number of hydrogen-bond donors (Lipinski definition) is 2. The van der Waals surface area contributed by atoms with Crippen molar-refractivity contribution >= 4 is 11.0 Å². The summed E-state index contributed by atoms with van der Waals surface area (Å²) in [4.78, 5) is 15.0.